The van der Waals surface area contributed by atoms with Crippen LogP contribution in [-0.2, 0) is 4.79 Å². The number of allylic oxidation sites excluding steroid dienone is 3. The molecule has 0 saturated heterocycles. The van der Waals surface area contributed by atoms with Crippen molar-refractivity contribution in [2.75, 3.05) is 7.05 Å². The minimum Gasteiger partial charge on any atom is -0.369 e. The van der Waals surface area contributed by atoms with Gasteiger partial charge in [-0.25, -0.2) is 4.99 Å². The number of benzene rings is 1. The molecule has 1 aromatic carbocycles. The number of aromatic amines is 1. The van der Waals surface area contributed by atoms with Gasteiger partial charge in [-0.1, -0.05) is 24.3 Å². The number of aliphatic imine (C=N–C) groups is 1. The lowest BCUT2D eigenvalue weighted by atomic mass is 9.76. The highest BCUT2D eigenvalue weighted by molar-refractivity contribution is 5.98. The van der Waals surface area contributed by atoms with Crippen molar-refractivity contribution in [3.63, 3.8) is 0 Å². The number of fused-ring (bicyclic) bond motifs is 1. The molecule has 0 spiro atoms. The van der Waals surface area contributed by atoms with Crippen molar-refractivity contribution in [3.05, 3.63) is 54.3 Å². The monoisotopic (exact) mass is 334 g/mol. The second-order valence-corrected chi connectivity index (χ2v) is 7.10. The van der Waals surface area contributed by atoms with Gasteiger partial charge in [0, 0.05) is 24.7 Å². The maximum absolute atomic E-state index is 12.3. The average Bonchev–Trinajstić information content (AvgIpc) is 3.07. The van der Waals surface area contributed by atoms with Gasteiger partial charge >= 0.3 is 0 Å². The van der Waals surface area contributed by atoms with Crippen molar-refractivity contribution in [1.82, 2.24) is 9.88 Å². The minimum absolute atomic E-state index is 0.0215. The number of nitrogens with two attached hydrogens (primary N) is 1. The number of hydrogen-bond donors (Lipinski definition) is 2. The molecule has 2 atom stereocenters. The Labute approximate surface area is 146 Å². The molecule has 5 heteroatoms. The summed E-state index contributed by atoms with van der Waals surface area (Å²) in [6.45, 7) is 2.03. The molecule has 0 saturated carbocycles. The average molecular weight is 334 g/mol. The van der Waals surface area contributed by atoms with Gasteiger partial charge in [0.1, 0.15) is 0 Å². The number of hydrogen-bond acceptors (Lipinski definition) is 3. The Morgan fingerprint density at radius 1 is 1.36 bits per heavy atom. The number of guanidine groups is 1. The summed E-state index contributed by atoms with van der Waals surface area (Å²) in [5.41, 5.74) is 8.93. The molecule has 1 aliphatic carbocycles. The van der Waals surface area contributed by atoms with Gasteiger partial charge in [-0.15, -0.1) is 0 Å². The Bertz CT molecular complexity index is 936. The molecule has 3 N–H and O–H groups in total. The molecule has 4 rings (SSSR count). The summed E-state index contributed by atoms with van der Waals surface area (Å²) in [6.07, 6.45) is 9.75. The lowest BCUT2D eigenvalue weighted by Gasteiger charge is -2.38. The highest BCUT2D eigenvalue weighted by Gasteiger charge is 2.40. The molecule has 1 aromatic heterocycles. The first-order valence-corrected chi connectivity index (χ1v) is 8.54. The van der Waals surface area contributed by atoms with Crippen LogP contribution >= 0.6 is 0 Å². The smallest absolute Gasteiger partial charge is 0.231 e. The maximum Gasteiger partial charge on any atom is 0.231 e. The second-order valence-electron chi connectivity index (χ2n) is 7.10. The van der Waals surface area contributed by atoms with Crippen LogP contribution in [0.25, 0.3) is 16.5 Å². The molecular formula is C20H22N4O. The summed E-state index contributed by atoms with van der Waals surface area (Å²) in [4.78, 5) is 21.6. The summed E-state index contributed by atoms with van der Waals surface area (Å²) in [5, 5.41) is 1.19. The summed E-state index contributed by atoms with van der Waals surface area (Å²) < 4.78 is 0. The van der Waals surface area contributed by atoms with Crippen LogP contribution in [-0.4, -0.2) is 34.3 Å². The Kier molecular flexibility index (Phi) is 3.53. The molecule has 2 heterocycles. The molecule has 0 bridgehead atoms. The standard InChI is InChI=1S/C20H22N4O/c1-20(12-18(25)24(2)19(21)23-20)16-5-3-4-13(11-16)14-6-7-17-15(10-14)8-9-22-17/h3-4,6-11,16,22H,5,12H2,1-2H3,(H2,21,23)/t16?,20-/m0/s1. The van der Waals surface area contributed by atoms with E-state index in [0.29, 0.717) is 12.4 Å². The minimum atomic E-state index is -0.498. The molecule has 25 heavy (non-hydrogen) atoms. The number of H-pyrrole nitrogens is 1. The number of carbonyl (C=O) groups is 1. The topological polar surface area (TPSA) is 74.5 Å². The fraction of sp³-hybridized carbons (Fsp3) is 0.300. The van der Waals surface area contributed by atoms with Crippen molar-refractivity contribution < 1.29 is 4.79 Å². The summed E-state index contributed by atoms with van der Waals surface area (Å²) in [5.74, 6) is 0.468. The fourth-order valence-electron chi connectivity index (χ4n) is 3.68. The van der Waals surface area contributed by atoms with E-state index in [1.54, 1.807) is 7.05 Å². The van der Waals surface area contributed by atoms with Gasteiger partial charge in [0.05, 0.1) is 12.0 Å². The predicted molar refractivity (Wildman–Crippen MR) is 101 cm³/mol. The zero-order valence-electron chi connectivity index (χ0n) is 14.5. The Hall–Kier alpha value is -2.82. The number of rotatable bonds is 2. The van der Waals surface area contributed by atoms with Crippen molar-refractivity contribution in [2.24, 2.45) is 16.6 Å². The van der Waals surface area contributed by atoms with Crippen LogP contribution < -0.4 is 5.73 Å². The third-order valence-electron chi connectivity index (χ3n) is 5.35. The number of nitrogens with zero attached hydrogens (tertiary/aromatic N) is 2. The number of carbonyl (C=O) groups excluding carboxylic acids is 1. The first kappa shape index (κ1) is 15.7. The molecule has 1 amide bonds. The predicted octanol–water partition coefficient (Wildman–Crippen LogP) is 3.06. The van der Waals surface area contributed by atoms with E-state index in [9.17, 15) is 4.79 Å². The van der Waals surface area contributed by atoms with Crippen LogP contribution in [0.2, 0.25) is 0 Å². The third kappa shape index (κ3) is 2.65. The highest BCUT2D eigenvalue weighted by Crippen LogP contribution is 2.38. The first-order chi connectivity index (χ1) is 12.0. The number of nitrogens with one attached hydrogen (secondary N) is 1. The SMILES string of the molecule is CN1C(=O)C[C@@](C)(C2C=C(c3ccc4[nH]ccc4c3)C=CC2)N=C1N. The Morgan fingerprint density at radius 2 is 2.20 bits per heavy atom. The summed E-state index contributed by atoms with van der Waals surface area (Å²) >= 11 is 0. The normalized spacial score (nSPS) is 26.7. The van der Waals surface area contributed by atoms with Gasteiger partial charge < -0.3 is 10.7 Å². The Morgan fingerprint density at radius 3 is 3.00 bits per heavy atom. The number of aromatic nitrogens is 1. The fourth-order valence-corrected chi connectivity index (χ4v) is 3.68. The second kappa shape index (κ2) is 5.62. The number of amides is 1. The van der Waals surface area contributed by atoms with Crippen LogP contribution in [0.1, 0.15) is 25.3 Å². The van der Waals surface area contributed by atoms with Crippen LogP contribution in [0.3, 0.4) is 0 Å². The van der Waals surface area contributed by atoms with Crippen molar-refractivity contribution in [3.8, 4) is 0 Å². The van der Waals surface area contributed by atoms with Gasteiger partial charge in [-0.2, -0.15) is 0 Å². The van der Waals surface area contributed by atoms with E-state index in [2.05, 4.69) is 52.5 Å². The van der Waals surface area contributed by atoms with Crippen LogP contribution in [0.15, 0.2) is 53.7 Å². The van der Waals surface area contributed by atoms with Crippen molar-refractivity contribution in [2.45, 2.75) is 25.3 Å². The lowest BCUT2D eigenvalue weighted by Crippen LogP contribution is -2.51. The summed E-state index contributed by atoms with van der Waals surface area (Å²) in [6, 6.07) is 8.48. The van der Waals surface area contributed by atoms with Gasteiger partial charge in [-0.3, -0.25) is 9.69 Å². The van der Waals surface area contributed by atoms with Crippen LogP contribution in [0, 0.1) is 5.92 Å². The molecule has 2 aromatic rings. The van der Waals surface area contributed by atoms with Gasteiger partial charge in [0.2, 0.25) is 5.91 Å². The third-order valence-corrected chi connectivity index (χ3v) is 5.35. The molecule has 0 radical (unpaired) electrons. The van der Waals surface area contributed by atoms with E-state index in [4.69, 9.17) is 5.73 Å². The van der Waals surface area contributed by atoms with Crippen molar-refractivity contribution in [1.29, 1.82) is 0 Å². The molecule has 128 valence electrons. The molecular weight excluding hydrogens is 312 g/mol. The van der Waals surface area contributed by atoms with Gasteiger partial charge in [-0.05, 0) is 48.1 Å². The van der Waals surface area contributed by atoms with Gasteiger partial charge in [0.15, 0.2) is 5.96 Å². The highest BCUT2D eigenvalue weighted by atomic mass is 16.2. The summed E-state index contributed by atoms with van der Waals surface area (Å²) in [7, 11) is 1.68. The molecule has 1 unspecified atom stereocenters. The zero-order chi connectivity index (χ0) is 17.6. The first-order valence-electron chi connectivity index (χ1n) is 8.54. The lowest BCUT2D eigenvalue weighted by molar-refractivity contribution is -0.128. The van der Waals surface area contributed by atoms with E-state index < -0.39 is 5.54 Å². The van der Waals surface area contributed by atoms with Crippen LogP contribution in [0.5, 0.6) is 0 Å². The van der Waals surface area contributed by atoms with E-state index in [0.717, 1.165) is 11.9 Å². The maximum atomic E-state index is 12.3. The largest absolute Gasteiger partial charge is 0.369 e. The quantitative estimate of drug-likeness (QED) is 0.886. The molecule has 5 nitrogen and oxygen atoms in total. The molecule has 2 aliphatic rings. The Balaban J connectivity index is 1.70. The van der Waals surface area contributed by atoms with Crippen molar-refractivity contribution >= 4 is 28.3 Å². The van der Waals surface area contributed by atoms with E-state index in [-0.39, 0.29) is 11.8 Å². The zero-order valence-corrected chi connectivity index (χ0v) is 14.5. The van der Waals surface area contributed by atoms with Gasteiger partial charge in [0.25, 0.3) is 0 Å². The van der Waals surface area contributed by atoms with E-state index in [1.807, 2.05) is 13.1 Å². The van der Waals surface area contributed by atoms with E-state index in [1.165, 1.54) is 21.4 Å². The molecule has 0 fully saturated rings. The van der Waals surface area contributed by atoms with Crippen LogP contribution in [0.4, 0.5) is 0 Å². The molecule has 1 aliphatic heterocycles. The van der Waals surface area contributed by atoms with E-state index >= 15 is 0 Å².